The Morgan fingerprint density at radius 3 is 2.52 bits per heavy atom. The fourth-order valence-electron chi connectivity index (χ4n) is 2.52. The first-order valence-electron chi connectivity index (χ1n) is 8.17. The van der Waals surface area contributed by atoms with Gasteiger partial charge in [0, 0.05) is 11.3 Å². The van der Waals surface area contributed by atoms with Crippen molar-refractivity contribution in [3.05, 3.63) is 53.0 Å². The summed E-state index contributed by atoms with van der Waals surface area (Å²) >= 11 is 2.65. The molecule has 0 saturated heterocycles. The molecule has 2 heterocycles. The van der Waals surface area contributed by atoms with E-state index < -0.39 is 0 Å². The molecule has 0 bridgehead atoms. The first-order valence-corrected chi connectivity index (χ1v) is 9.97. The molecule has 3 N–H and O–H groups in total. The van der Waals surface area contributed by atoms with E-state index in [0.29, 0.717) is 10.7 Å². The van der Waals surface area contributed by atoms with Gasteiger partial charge in [-0.15, -0.1) is 11.8 Å². The molecule has 0 fully saturated rings. The van der Waals surface area contributed by atoms with Gasteiger partial charge >= 0.3 is 0 Å². The van der Waals surface area contributed by atoms with Crippen molar-refractivity contribution in [2.45, 2.75) is 25.0 Å². The van der Waals surface area contributed by atoms with E-state index in [1.165, 1.54) is 23.1 Å². The zero-order chi connectivity index (χ0) is 19.6. The maximum Gasteiger partial charge on any atom is 0.257 e. The van der Waals surface area contributed by atoms with Gasteiger partial charge < -0.3 is 5.73 Å². The Balaban J connectivity index is 1.70. The summed E-state index contributed by atoms with van der Waals surface area (Å²) in [6, 6.07) is 9.22. The maximum absolute atomic E-state index is 12.5. The number of thiazole rings is 1. The average Bonchev–Trinajstić information content (AvgIpc) is 3.14. The SMILES string of the molecule is Cc1cc(C)n(-c2ccc(C(=O)Nc3nc(C)c(SCC(N)=O)s3)cc2)n1. The van der Waals surface area contributed by atoms with E-state index in [1.54, 1.807) is 12.1 Å². The third kappa shape index (κ3) is 4.55. The van der Waals surface area contributed by atoms with Crippen LogP contribution in [0.1, 0.15) is 27.4 Å². The highest BCUT2D eigenvalue weighted by Gasteiger charge is 2.13. The van der Waals surface area contributed by atoms with Crippen LogP contribution in [0.25, 0.3) is 5.69 Å². The van der Waals surface area contributed by atoms with Gasteiger partial charge in [-0.05, 0) is 51.1 Å². The molecule has 140 valence electrons. The summed E-state index contributed by atoms with van der Waals surface area (Å²) in [6.07, 6.45) is 0. The number of thioether (sulfide) groups is 1. The number of carbonyl (C=O) groups is 2. The predicted molar refractivity (Wildman–Crippen MR) is 108 cm³/mol. The number of nitrogens with two attached hydrogens (primary N) is 1. The molecule has 3 aromatic rings. The number of amides is 2. The molecule has 0 saturated carbocycles. The number of benzene rings is 1. The van der Waals surface area contributed by atoms with Gasteiger partial charge in [-0.2, -0.15) is 5.10 Å². The van der Waals surface area contributed by atoms with E-state index in [-0.39, 0.29) is 17.6 Å². The van der Waals surface area contributed by atoms with Crippen LogP contribution in [0.4, 0.5) is 5.13 Å². The lowest BCUT2D eigenvalue weighted by molar-refractivity contribution is -0.115. The van der Waals surface area contributed by atoms with Crippen LogP contribution in [0.3, 0.4) is 0 Å². The highest BCUT2D eigenvalue weighted by molar-refractivity contribution is 8.01. The van der Waals surface area contributed by atoms with Gasteiger partial charge in [-0.3, -0.25) is 14.9 Å². The second-order valence-corrected chi connectivity index (χ2v) is 8.23. The Bertz CT molecular complexity index is 992. The minimum Gasteiger partial charge on any atom is -0.369 e. The number of nitrogens with one attached hydrogen (secondary N) is 1. The van der Waals surface area contributed by atoms with Crippen molar-refractivity contribution in [3.8, 4) is 5.69 Å². The van der Waals surface area contributed by atoms with Gasteiger partial charge in [0.2, 0.25) is 5.91 Å². The number of carbonyl (C=O) groups excluding carboxylic acids is 2. The molecule has 0 unspecified atom stereocenters. The van der Waals surface area contributed by atoms with E-state index in [2.05, 4.69) is 15.4 Å². The van der Waals surface area contributed by atoms with E-state index in [4.69, 9.17) is 5.73 Å². The van der Waals surface area contributed by atoms with Crippen molar-refractivity contribution < 1.29 is 9.59 Å². The molecule has 2 aromatic heterocycles. The van der Waals surface area contributed by atoms with Crippen LogP contribution >= 0.6 is 23.1 Å². The fraction of sp³-hybridized carbons (Fsp3) is 0.222. The highest BCUT2D eigenvalue weighted by atomic mass is 32.2. The lowest BCUT2D eigenvalue weighted by atomic mass is 10.2. The Kier molecular flexibility index (Phi) is 5.62. The number of aromatic nitrogens is 3. The van der Waals surface area contributed by atoms with Gasteiger partial charge in [0.1, 0.15) is 0 Å². The molecule has 0 aliphatic carbocycles. The van der Waals surface area contributed by atoms with Crippen molar-refractivity contribution in [2.75, 3.05) is 11.1 Å². The van der Waals surface area contributed by atoms with Crippen LogP contribution in [-0.4, -0.2) is 32.3 Å². The highest BCUT2D eigenvalue weighted by Crippen LogP contribution is 2.32. The largest absolute Gasteiger partial charge is 0.369 e. The second-order valence-electron chi connectivity index (χ2n) is 5.99. The Labute approximate surface area is 165 Å². The minimum absolute atomic E-state index is 0.185. The van der Waals surface area contributed by atoms with E-state index >= 15 is 0 Å². The number of nitrogens with zero attached hydrogens (tertiary/aromatic N) is 3. The zero-order valence-electron chi connectivity index (χ0n) is 15.1. The van der Waals surface area contributed by atoms with Crippen molar-refractivity contribution >= 4 is 40.0 Å². The number of anilines is 1. The van der Waals surface area contributed by atoms with Crippen LogP contribution < -0.4 is 11.1 Å². The molecule has 0 atom stereocenters. The lowest BCUT2D eigenvalue weighted by Gasteiger charge is -2.06. The summed E-state index contributed by atoms with van der Waals surface area (Å²) in [7, 11) is 0. The smallest absolute Gasteiger partial charge is 0.257 e. The number of aryl methyl sites for hydroxylation is 3. The second kappa shape index (κ2) is 7.93. The first kappa shape index (κ1) is 19.1. The van der Waals surface area contributed by atoms with E-state index in [9.17, 15) is 9.59 Å². The molecule has 27 heavy (non-hydrogen) atoms. The standard InChI is InChI=1S/C18H19N5O2S2/c1-10-8-11(2)23(22-10)14-6-4-13(5-7-14)16(25)21-18-20-12(3)17(27-18)26-9-15(19)24/h4-8H,9H2,1-3H3,(H2,19,24)(H,20,21,25). The topological polar surface area (TPSA) is 103 Å². The maximum atomic E-state index is 12.5. The third-order valence-corrected chi connectivity index (χ3v) is 6.16. The van der Waals surface area contributed by atoms with Gasteiger partial charge in [-0.1, -0.05) is 11.3 Å². The van der Waals surface area contributed by atoms with Gasteiger partial charge in [0.05, 0.1) is 27.0 Å². The molecule has 0 spiro atoms. The third-order valence-electron chi connectivity index (χ3n) is 3.70. The summed E-state index contributed by atoms with van der Waals surface area (Å²) in [4.78, 5) is 27.7. The molecular formula is C18H19N5O2S2. The monoisotopic (exact) mass is 401 g/mol. The average molecular weight is 402 g/mol. The number of hydrogen-bond acceptors (Lipinski definition) is 6. The molecule has 3 rings (SSSR count). The molecule has 0 aliphatic rings. The van der Waals surface area contributed by atoms with Crippen LogP contribution in [0.5, 0.6) is 0 Å². The Hall–Kier alpha value is -2.65. The predicted octanol–water partition coefficient (Wildman–Crippen LogP) is 3.08. The molecule has 9 heteroatoms. The zero-order valence-corrected chi connectivity index (χ0v) is 16.8. The van der Waals surface area contributed by atoms with Crippen LogP contribution in [0.15, 0.2) is 34.5 Å². The minimum atomic E-state index is -0.388. The molecule has 0 aliphatic heterocycles. The van der Waals surface area contributed by atoms with Gasteiger partial charge in [0.25, 0.3) is 5.91 Å². The van der Waals surface area contributed by atoms with Crippen LogP contribution in [0.2, 0.25) is 0 Å². The summed E-state index contributed by atoms with van der Waals surface area (Å²) < 4.78 is 2.70. The summed E-state index contributed by atoms with van der Waals surface area (Å²) in [5.41, 5.74) is 9.33. The Morgan fingerprint density at radius 1 is 1.22 bits per heavy atom. The normalized spacial score (nSPS) is 10.8. The van der Waals surface area contributed by atoms with Crippen LogP contribution in [0, 0.1) is 20.8 Å². The molecule has 1 aromatic carbocycles. The molecule has 7 nitrogen and oxygen atoms in total. The summed E-state index contributed by atoms with van der Waals surface area (Å²) in [6.45, 7) is 5.76. The van der Waals surface area contributed by atoms with E-state index in [0.717, 1.165) is 27.0 Å². The van der Waals surface area contributed by atoms with Crippen LogP contribution in [-0.2, 0) is 4.79 Å². The van der Waals surface area contributed by atoms with E-state index in [1.807, 2.05) is 43.7 Å². The van der Waals surface area contributed by atoms with Crippen molar-refractivity contribution in [1.82, 2.24) is 14.8 Å². The van der Waals surface area contributed by atoms with Crippen molar-refractivity contribution in [1.29, 1.82) is 0 Å². The Morgan fingerprint density at radius 2 is 1.93 bits per heavy atom. The molecular weight excluding hydrogens is 382 g/mol. The van der Waals surface area contributed by atoms with Gasteiger partial charge in [0.15, 0.2) is 5.13 Å². The number of primary amides is 1. The number of hydrogen-bond donors (Lipinski definition) is 2. The molecule has 0 radical (unpaired) electrons. The van der Waals surface area contributed by atoms with Crippen molar-refractivity contribution in [2.24, 2.45) is 5.73 Å². The van der Waals surface area contributed by atoms with Gasteiger partial charge in [-0.25, -0.2) is 9.67 Å². The summed E-state index contributed by atoms with van der Waals surface area (Å²) in [5.74, 6) is -0.444. The lowest BCUT2D eigenvalue weighted by Crippen LogP contribution is -2.12. The fourth-order valence-corrected chi connectivity index (χ4v) is 4.39. The van der Waals surface area contributed by atoms with Crippen molar-refractivity contribution in [3.63, 3.8) is 0 Å². The quantitative estimate of drug-likeness (QED) is 0.618. The molecule has 2 amide bonds. The summed E-state index contributed by atoms with van der Waals surface area (Å²) in [5, 5.41) is 7.73. The first-order chi connectivity index (χ1) is 12.8. The number of rotatable bonds is 6.